The molecule has 9 rings (SSSR count). The molecule has 23 heteroatoms. The standard InChI is InChI=1S/C44H17F17N2O4/c45-37(46,38(47,48)39(49,50)40(51,52)41(53,54)42(55,56)43(57,58)44(59,60)61)27-17-26-30-25(35(66)63(36(26)67)19-9-5-2-6-10-19)15-12-21-20-11-14-23-29-24(16-13-22(28(20)29)31(27)32(21)30)34(65)62(33(23)64)18-7-3-1-4-8-18/h1-17H. The molecule has 7 aromatic carbocycles. The third kappa shape index (κ3) is 5.35. The fourth-order valence-electron chi connectivity index (χ4n) is 8.57. The van der Waals surface area contributed by atoms with Crippen molar-refractivity contribution >= 4 is 78.1 Å². The Kier molecular flexibility index (Phi) is 9.10. The topological polar surface area (TPSA) is 74.8 Å². The van der Waals surface area contributed by atoms with Gasteiger partial charge in [-0.05, 0) is 75.5 Å². The maximum Gasteiger partial charge on any atom is 0.460 e. The highest BCUT2D eigenvalue weighted by molar-refractivity contribution is 6.45. The minimum atomic E-state index is -8.91. The summed E-state index contributed by atoms with van der Waals surface area (Å²) >= 11 is 0. The van der Waals surface area contributed by atoms with Crippen molar-refractivity contribution in [2.75, 3.05) is 9.80 Å². The van der Waals surface area contributed by atoms with Gasteiger partial charge in [-0.2, -0.15) is 74.6 Å². The molecule has 0 saturated carbocycles. The lowest BCUT2D eigenvalue weighted by molar-refractivity contribution is -0.462. The summed E-state index contributed by atoms with van der Waals surface area (Å²) in [5, 5.41) is -5.44. The number of hydrogen-bond acceptors (Lipinski definition) is 4. The van der Waals surface area contributed by atoms with E-state index in [2.05, 4.69) is 0 Å². The number of carbonyl (C=O) groups is 4. The molecule has 2 aliphatic rings. The molecule has 2 heterocycles. The fourth-order valence-corrected chi connectivity index (χ4v) is 8.57. The van der Waals surface area contributed by atoms with Gasteiger partial charge in [-0.1, -0.05) is 54.6 Å². The van der Waals surface area contributed by atoms with Crippen molar-refractivity contribution in [3.63, 3.8) is 0 Å². The molecular weight excluding hydrogens is 943 g/mol. The van der Waals surface area contributed by atoms with E-state index in [-0.39, 0.29) is 38.9 Å². The van der Waals surface area contributed by atoms with E-state index in [0.717, 1.165) is 48.5 Å². The van der Waals surface area contributed by atoms with Crippen LogP contribution in [0, 0.1) is 0 Å². The summed E-state index contributed by atoms with van der Waals surface area (Å²) in [5.41, 5.74) is -5.61. The van der Waals surface area contributed by atoms with Gasteiger partial charge in [0.1, 0.15) is 0 Å². The number of hydrogen-bond donors (Lipinski definition) is 0. The van der Waals surface area contributed by atoms with Crippen LogP contribution >= 0.6 is 0 Å². The molecule has 7 aromatic rings. The second-order valence-corrected chi connectivity index (χ2v) is 15.4. The summed E-state index contributed by atoms with van der Waals surface area (Å²) < 4.78 is 251. The highest BCUT2D eigenvalue weighted by atomic mass is 19.4. The maximum atomic E-state index is 17.0. The average molecular weight is 961 g/mol. The third-order valence-electron chi connectivity index (χ3n) is 11.8. The fraction of sp³-hybridized carbons (Fsp3) is 0.182. The Morgan fingerprint density at radius 1 is 0.313 bits per heavy atom. The smallest absolute Gasteiger partial charge is 0.268 e. The first kappa shape index (κ1) is 45.1. The zero-order chi connectivity index (χ0) is 49.1. The number of imide groups is 2. The first-order valence-electron chi connectivity index (χ1n) is 18.8. The van der Waals surface area contributed by atoms with Crippen LogP contribution in [-0.2, 0) is 5.92 Å². The van der Waals surface area contributed by atoms with Crippen LogP contribution in [0.2, 0.25) is 0 Å². The molecule has 4 amide bonds. The number of para-hydroxylation sites is 2. The number of rotatable bonds is 9. The van der Waals surface area contributed by atoms with E-state index in [9.17, 15) is 58.7 Å². The highest BCUT2D eigenvalue weighted by Crippen LogP contribution is 2.66. The number of carbonyl (C=O) groups excluding carboxylic acids is 4. The van der Waals surface area contributed by atoms with Crippen molar-refractivity contribution in [3.05, 3.63) is 131 Å². The van der Waals surface area contributed by atoms with Crippen LogP contribution in [0.25, 0.3) is 43.1 Å². The highest BCUT2D eigenvalue weighted by Gasteiger charge is 2.95. The normalized spacial score (nSPS) is 15.9. The van der Waals surface area contributed by atoms with Crippen molar-refractivity contribution in [2.24, 2.45) is 0 Å². The summed E-state index contributed by atoms with van der Waals surface area (Å²) in [7, 11) is 0. The molecule has 346 valence electrons. The minimum Gasteiger partial charge on any atom is -0.268 e. The van der Waals surface area contributed by atoms with E-state index in [1.54, 1.807) is 0 Å². The van der Waals surface area contributed by atoms with E-state index in [1.165, 1.54) is 48.5 Å². The molecule has 0 unspecified atom stereocenters. The minimum absolute atomic E-state index is 0.00686. The molecule has 0 aliphatic carbocycles. The van der Waals surface area contributed by atoms with Crippen LogP contribution in [0.4, 0.5) is 86.0 Å². The summed E-state index contributed by atoms with van der Waals surface area (Å²) in [4.78, 5) is 57.2. The lowest BCUT2D eigenvalue weighted by Crippen LogP contribution is -2.74. The van der Waals surface area contributed by atoms with Crippen LogP contribution in [0.15, 0.2) is 103 Å². The molecule has 0 bridgehead atoms. The number of amides is 4. The molecule has 0 radical (unpaired) electrons. The molecule has 0 N–H and O–H groups in total. The van der Waals surface area contributed by atoms with Crippen molar-refractivity contribution in [3.8, 4) is 0 Å². The van der Waals surface area contributed by atoms with E-state index < -0.39 is 126 Å². The molecule has 2 aliphatic heterocycles. The second kappa shape index (κ2) is 13.5. The van der Waals surface area contributed by atoms with Gasteiger partial charge >= 0.3 is 47.6 Å². The number of fused-ring (bicyclic) bond motifs is 2. The Morgan fingerprint density at radius 2 is 0.657 bits per heavy atom. The lowest BCUT2D eigenvalue weighted by Gasteiger charge is -2.43. The van der Waals surface area contributed by atoms with Crippen LogP contribution in [0.3, 0.4) is 0 Å². The third-order valence-corrected chi connectivity index (χ3v) is 11.8. The first-order valence-corrected chi connectivity index (χ1v) is 18.8. The Balaban J connectivity index is 1.37. The van der Waals surface area contributed by atoms with Gasteiger partial charge < -0.3 is 0 Å². The average Bonchev–Trinajstić information content (AvgIpc) is 3.26. The van der Waals surface area contributed by atoms with Gasteiger partial charge in [0.25, 0.3) is 23.6 Å². The van der Waals surface area contributed by atoms with Gasteiger partial charge in [0, 0.05) is 44.0 Å². The van der Waals surface area contributed by atoms with E-state index in [1.807, 2.05) is 0 Å². The maximum absolute atomic E-state index is 17.0. The van der Waals surface area contributed by atoms with E-state index in [0.29, 0.717) is 4.90 Å². The van der Waals surface area contributed by atoms with Crippen molar-refractivity contribution < 1.29 is 93.8 Å². The van der Waals surface area contributed by atoms with Gasteiger partial charge in [-0.3, -0.25) is 19.2 Å². The Hall–Kier alpha value is -7.07. The number of alkyl halides is 17. The molecular formula is C44H17F17N2O4. The molecule has 67 heavy (non-hydrogen) atoms. The van der Waals surface area contributed by atoms with Crippen molar-refractivity contribution in [1.82, 2.24) is 0 Å². The van der Waals surface area contributed by atoms with Crippen LogP contribution in [0.5, 0.6) is 0 Å². The molecule has 0 aromatic heterocycles. The molecule has 0 fully saturated rings. The van der Waals surface area contributed by atoms with Crippen LogP contribution < -0.4 is 9.80 Å². The Bertz CT molecular complexity index is 3300. The molecule has 0 spiro atoms. The SMILES string of the molecule is O=C1c2ccc3c4ccc5c6c(cc(C(F)(F)C(F)(F)C(F)(F)C(F)(F)C(F)(F)C(F)(F)C(F)(F)C(F)(F)F)c(c7ccc(c2c37)C(=O)N1c1ccccc1)c64)C(=O)N(c1ccccc1)C5=O. The summed E-state index contributed by atoms with van der Waals surface area (Å²) in [6.07, 6.45) is -7.95. The molecule has 0 atom stereocenters. The van der Waals surface area contributed by atoms with Crippen LogP contribution in [-0.4, -0.2) is 65.3 Å². The van der Waals surface area contributed by atoms with Gasteiger partial charge in [0.2, 0.25) is 0 Å². The second-order valence-electron chi connectivity index (χ2n) is 15.4. The largest absolute Gasteiger partial charge is 0.460 e. The Labute approximate surface area is 360 Å². The van der Waals surface area contributed by atoms with Crippen molar-refractivity contribution in [1.29, 1.82) is 0 Å². The van der Waals surface area contributed by atoms with Crippen LogP contribution in [0.1, 0.15) is 47.0 Å². The van der Waals surface area contributed by atoms with Gasteiger partial charge in [0.05, 0.1) is 11.4 Å². The summed E-state index contributed by atoms with van der Waals surface area (Å²) in [6.45, 7) is 0. The first-order chi connectivity index (χ1) is 30.9. The Morgan fingerprint density at radius 3 is 1.07 bits per heavy atom. The zero-order valence-corrected chi connectivity index (χ0v) is 32.3. The monoisotopic (exact) mass is 960 g/mol. The molecule has 6 nitrogen and oxygen atoms in total. The summed E-state index contributed by atoms with van der Waals surface area (Å²) in [5.74, 6) is -64.1. The van der Waals surface area contributed by atoms with Crippen molar-refractivity contribution in [2.45, 2.75) is 47.6 Å². The number of nitrogens with zero attached hydrogens (tertiary/aromatic N) is 2. The number of anilines is 2. The predicted octanol–water partition coefficient (Wildman–Crippen LogP) is 12.8. The van der Waals surface area contributed by atoms with E-state index >= 15 is 35.1 Å². The lowest BCUT2D eigenvalue weighted by atomic mass is 9.78. The van der Waals surface area contributed by atoms with Gasteiger partial charge in [0.15, 0.2) is 0 Å². The molecule has 0 saturated heterocycles. The van der Waals surface area contributed by atoms with E-state index in [4.69, 9.17) is 0 Å². The van der Waals surface area contributed by atoms with Gasteiger partial charge in [-0.15, -0.1) is 0 Å². The number of benzene rings is 7. The van der Waals surface area contributed by atoms with Gasteiger partial charge in [-0.25, -0.2) is 9.80 Å². The quantitative estimate of drug-likeness (QED) is 0.0625. The summed E-state index contributed by atoms with van der Waals surface area (Å²) in [6, 6.07) is 18.6. The number of halogens is 17. The predicted molar refractivity (Wildman–Crippen MR) is 202 cm³/mol. The zero-order valence-electron chi connectivity index (χ0n) is 32.3.